The summed E-state index contributed by atoms with van der Waals surface area (Å²) in [6.07, 6.45) is 18.6. The van der Waals surface area contributed by atoms with E-state index in [1.54, 1.807) is 5.57 Å². The fraction of sp³-hybridized carbons (Fsp3) is 0.793. The molecule has 0 aliphatic heterocycles. The van der Waals surface area contributed by atoms with E-state index in [9.17, 15) is 15.3 Å². The lowest BCUT2D eigenvalue weighted by Gasteiger charge is -2.44. The van der Waals surface area contributed by atoms with Crippen molar-refractivity contribution in [2.24, 2.45) is 23.2 Å². The molecule has 0 spiro atoms. The Morgan fingerprint density at radius 1 is 1.09 bits per heavy atom. The lowest BCUT2D eigenvalue weighted by atomic mass is 9.60. The van der Waals surface area contributed by atoms with E-state index in [0.29, 0.717) is 24.2 Å². The summed E-state index contributed by atoms with van der Waals surface area (Å²) < 4.78 is 0. The van der Waals surface area contributed by atoms with Crippen LogP contribution in [0.25, 0.3) is 0 Å². The second-order valence-electron chi connectivity index (χ2n) is 12.0. The monoisotopic (exact) mass is 442 g/mol. The molecule has 4 aliphatic carbocycles. The fourth-order valence-corrected chi connectivity index (χ4v) is 7.92. The molecule has 0 aromatic rings. The summed E-state index contributed by atoms with van der Waals surface area (Å²) in [4.78, 5) is 0. The Morgan fingerprint density at radius 2 is 1.84 bits per heavy atom. The van der Waals surface area contributed by atoms with Crippen molar-refractivity contribution in [1.82, 2.24) is 0 Å². The Bertz CT molecular complexity index is 744. The largest absolute Gasteiger partial charge is 0.393 e. The van der Waals surface area contributed by atoms with Crippen LogP contribution in [-0.2, 0) is 0 Å². The molecule has 0 aromatic heterocycles. The SMILES string of the molecule is C=C1/C(=C/C=C2\CCC[C@]3(C)[C@@H]([C@H](C)CCCC4(O)CCCC4)CC[C@@H]23)C[C@@H](O)C[C@@H]1O. The number of fused-ring (bicyclic) bond motifs is 1. The summed E-state index contributed by atoms with van der Waals surface area (Å²) in [6, 6.07) is 0. The van der Waals surface area contributed by atoms with Crippen molar-refractivity contribution in [2.75, 3.05) is 0 Å². The van der Waals surface area contributed by atoms with Gasteiger partial charge >= 0.3 is 0 Å². The van der Waals surface area contributed by atoms with Crippen molar-refractivity contribution in [3.05, 3.63) is 35.5 Å². The standard InChI is InChI=1S/C29H46O3/c1-20(8-6-17-29(32)15-4-5-16-29)25-12-13-26-22(9-7-14-28(25,26)3)10-11-23-18-24(30)19-27(31)21(23)2/h10-11,20,24-27,30-32H,2,4-9,12-19H2,1,3H3/b22-10+,23-11+/t20-,24-,25-,26+,27+,28-/m1/s1. The molecule has 0 unspecified atom stereocenters. The van der Waals surface area contributed by atoms with Crippen molar-refractivity contribution in [2.45, 2.75) is 122 Å². The van der Waals surface area contributed by atoms with Crippen LogP contribution < -0.4 is 0 Å². The zero-order chi connectivity index (χ0) is 22.9. The minimum absolute atomic E-state index is 0.361. The molecule has 0 amide bonds. The molecular weight excluding hydrogens is 396 g/mol. The molecule has 4 aliphatic rings. The van der Waals surface area contributed by atoms with Crippen LogP contribution in [0.2, 0.25) is 0 Å². The van der Waals surface area contributed by atoms with Gasteiger partial charge in [0.05, 0.1) is 17.8 Å². The summed E-state index contributed by atoms with van der Waals surface area (Å²) in [6.45, 7) is 9.08. The van der Waals surface area contributed by atoms with Crippen LogP contribution in [0.5, 0.6) is 0 Å². The Hall–Kier alpha value is -0.900. The summed E-state index contributed by atoms with van der Waals surface area (Å²) in [7, 11) is 0. The van der Waals surface area contributed by atoms with Gasteiger partial charge in [-0.2, -0.15) is 0 Å². The van der Waals surface area contributed by atoms with E-state index in [-0.39, 0.29) is 5.60 Å². The van der Waals surface area contributed by atoms with Gasteiger partial charge in [-0.15, -0.1) is 0 Å². The van der Waals surface area contributed by atoms with Gasteiger partial charge in [-0.05, 0) is 92.1 Å². The van der Waals surface area contributed by atoms with E-state index < -0.39 is 12.2 Å². The van der Waals surface area contributed by atoms with E-state index in [4.69, 9.17) is 0 Å². The first-order valence-corrected chi connectivity index (χ1v) is 13.4. The maximum atomic E-state index is 10.7. The average Bonchev–Trinajstić information content (AvgIpc) is 3.33. The molecule has 4 saturated carbocycles. The average molecular weight is 443 g/mol. The van der Waals surface area contributed by atoms with Crippen LogP contribution in [0.3, 0.4) is 0 Å². The molecule has 4 fully saturated rings. The third-order valence-electron chi connectivity index (χ3n) is 9.82. The van der Waals surface area contributed by atoms with E-state index in [1.807, 2.05) is 0 Å². The quantitative estimate of drug-likeness (QED) is 0.456. The molecule has 6 atom stereocenters. The number of aliphatic hydroxyl groups excluding tert-OH is 2. The zero-order valence-electron chi connectivity index (χ0n) is 20.5. The number of aliphatic hydroxyl groups is 3. The van der Waals surface area contributed by atoms with Gasteiger partial charge in [-0.1, -0.05) is 63.8 Å². The molecule has 0 aromatic carbocycles. The first-order chi connectivity index (χ1) is 15.2. The second-order valence-corrected chi connectivity index (χ2v) is 12.0. The number of hydrogen-bond acceptors (Lipinski definition) is 3. The molecule has 3 heteroatoms. The van der Waals surface area contributed by atoms with Crippen molar-refractivity contribution in [3.63, 3.8) is 0 Å². The summed E-state index contributed by atoms with van der Waals surface area (Å²) in [5.74, 6) is 2.15. The molecule has 180 valence electrons. The maximum Gasteiger partial charge on any atom is 0.0811 e. The van der Waals surface area contributed by atoms with Gasteiger partial charge in [-0.25, -0.2) is 0 Å². The van der Waals surface area contributed by atoms with Gasteiger partial charge in [0.2, 0.25) is 0 Å². The third-order valence-corrected chi connectivity index (χ3v) is 9.82. The first-order valence-electron chi connectivity index (χ1n) is 13.4. The zero-order valence-corrected chi connectivity index (χ0v) is 20.5. The molecule has 0 saturated heterocycles. The Labute approximate surface area is 195 Å². The third kappa shape index (κ3) is 4.95. The Balaban J connectivity index is 1.40. The van der Waals surface area contributed by atoms with Crippen molar-refractivity contribution in [1.29, 1.82) is 0 Å². The molecule has 4 rings (SSSR count). The highest BCUT2D eigenvalue weighted by molar-refractivity contribution is 5.38. The smallest absolute Gasteiger partial charge is 0.0811 e. The topological polar surface area (TPSA) is 60.7 Å². The molecule has 3 nitrogen and oxygen atoms in total. The normalized spacial score (nSPS) is 40.7. The summed E-state index contributed by atoms with van der Waals surface area (Å²) in [5.41, 5.74) is 3.40. The van der Waals surface area contributed by atoms with Crippen LogP contribution in [0.15, 0.2) is 35.5 Å². The molecule has 0 radical (unpaired) electrons. The van der Waals surface area contributed by atoms with E-state index >= 15 is 0 Å². The highest BCUT2D eigenvalue weighted by atomic mass is 16.3. The fourth-order valence-electron chi connectivity index (χ4n) is 7.92. The number of rotatable bonds is 6. The van der Waals surface area contributed by atoms with Crippen LogP contribution >= 0.6 is 0 Å². The molecule has 0 heterocycles. The van der Waals surface area contributed by atoms with Gasteiger partial charge in [-0.3, -0.25) is 0 Å². The van der Waals surface area contributed by atoms with E-state index in [2.05, 4.69) is 32.6 Å². The predicted molar refractivity (Wildman–Crippen MR) is 131 cm³/mol. The van der Waals surface area contributed by atoms with Crippen molar-refractivity contribution < 1.29 is 15.3 Å². The van der Waals surface area contributed by atoms with Crippen LogP contribution in [0, 0.1) is 23.2 Å². The highest BCUT2D eigenvalue weighted by Gasteiger charge is 2.50. The lowest BCUT2D eigenvalue weighted by molar-refractivity contribution is 0.0318. The van der Waals surface area contributed by atoms with Gasteiger partial charge in [0.15, 0.2) is 0 Å². The van der Waals surface area contributed by atoms with Gasteiger partial charge in [0.25, 0.3) is 0 Å². The van der Waals surface area contributed by atoms with Gasteiger partial charge in [0, 0.05) is 6.42 Å². The minimum atomic E-state index is -0.612. The number of allylic oxidation sites excluding steroid dienone is 3. The maximum absolute atomic E-state index is 10.7. The lowest BCUT2D eigenvalue weighted by Crippen LogP contribution is -2.36. The molecule has 0 bridgehead atoms. The number of hydrogen-bond donors (Lipinski definition) is 3. The van der Waals surface area contributed by atoms with E-state index in [1.165, 1.54) is 51.4 Å². The summed E-state index contributed by atoms with van der Waals surface area (Å²) >= 11 is 0. The molecule has 3 N–H and O–H groups in total. The highest BCUT2D eigenvalue weighted by Crippen LogP contribution is 2.60. The predicted octanol–water partition coefficient (Wildman–Crippen LogP) is 6.24. The second kappa shape index (κ2) is 9.76. The Morgan fingerprint density at radius 3 is 2.59 bits per heavy atom. The van der Waals surface area contributed by atoms with Crippen LogP contribution in [-0.4, -0.2) is 33.1 Å². The van der Waals surface area contributed by atoms with Gasteiger partial charge < -0.3 is 15.3 Å². The minimum Gasteiger partial charge on any atom is -0.393 e. The van der Waals surface area contributed by atoms with Gasteiger partial charge in [0.1, 0.15) is 0 Å². The Kier molecular flexibility index (Phi) is 7.39. The van der Waals surface area contributed by atoms with Crippen LogP contribution in [0.1, 0.15) is 104 Å². The summed E-state index contributed by atoms with van der Waals surface area (Å²) in [5, 5.41) is 30.9. The van der Waals surface area contributed by atoms with Crippen LogP contribution in [0.4, 0.5) is 0 Å². The molecule has 32 heavy (non-hydrogen) atoms. The first kappa shape index (κ1) is 24.2. The van der Waals surface area contributed by atoms with Crippen molar-refractivity contribution in [3.8, 4) is 0 Å². The van der Waals surface area contributed by atoms with Crippen molar-refractivity contribution >= 4 is 0 Å². The van der Waals surface area contributed by atoms with E-state index in [0.717, 1.165) is 48.7 Å². The molecular formula is C29H46O3.